The minimum Gasteiger partial charge on any atom is -0.369 e. The molecule has 0 atom stereocenters. The van der Waals surface area contributed by atoms with Gasteiger partial charge in [-0.05, 0) is 67.8 Å². The number of rotatable bonds is 8. The van der Waals surface area contributed by atoms with Gasteiger partial charge in [0.15, 0.2) is 0 Å². The summed E-state index contributed by atoms with van der Waals surface area (Å²) in [6.07, 6.45) is 4.86. The maximum absolute atomic E-state index is 12.2. The molecule has 2 aliphatic heterocycles. The maximum atomic E-state index is 12.2. The quantitative estimate of drug-likeness (QED) is 0.463. The van der Waals surface area contributed by atoms with Crippen molar-refractivity contribution in [1.29, 1.82) is 0 Å². The Labute approximate surface area is 203 Å². The Balaban J connectivity index is 1.14. The first-order valence-electron chi connectivity index (χ1n) is 12.0. The molecule has 0 bridgehead atoms. The molecule has 0 spiro atoms. The van der Waals surface area contributed by atoms with Gasteiger partial charge in [0.2, 0.25) is 15.9 Å². The standard InChI is InChI=1S/C26H34N4O3S/c1-22-5-2-6-25(21-22)29-18-16-28(17-19-29)14-3-13-27-26(31)12-9-23-7-10-24(11-8-23)30-15-4-20-34(30,32)33/h2,5-12,21H,3-4,13-20H2,1H3,(H,27,31)/b12-9+. The number of nitrogens with one attached hydrogen (secondary N) is 1. The molecule has 1 N–H and O–H groups in total. The van der Waals surface area contributed by atoms with Crippen LogP contribution in [0.1, 0.15) is 24.0 Å². The van der Waals surface area contributed by atoms with E-state index in [4.69, 9.17) is 0 Å². The second-order valence-corrected chi connectivity index (χ2v) is 11.0. The van der Waals surface area contributed by atoms with E-state index in [1.807, 2.05) is 12.1 Å². The van der Waals surface area contributed by atoms with E-state index in [1.165, 1.54) is 21.6 Å². The molecule has 2 fully saturated rings. The molecule has 2 aromatic carbocycles. The Hall–Kier alpha value is -2.84. The molecule has 2 aliphatic rings. The van der Waals surface area contributed by atoms with Gasteiger partial charge in [-0.15, -0.1) is 0 Å². The van der Waals surface area contributed by atoms with Crippen molar-refractivity contribution in [3.63, 3.8) is 0 Å². The van der Waals surface area contributed by atoms with Crippen molar-refractivity contribution in [3.05, 3.63) is 65.7 Å². The van der Waals surface area contributed by atoms with Gasteiger partial charge in [0.1, 0.15) is 0 Å². The number of aryl methyl sites for hydroxylation is 1. The number of anilines is 2. The van der Waals surface area contributed by atoms with Crippen molar-refractivity contribution >= 4 is 33.4 Å². The average Bonchev–Trinajstić information content (AvgIpc) is 3.20. The zero-order valence-electron chi connectivity index (χ0n) is 19.8. The van der Waals surface area contributed by atoms with Crippen LogP contribution in [0.25, 0.3) is 6.08 Å². The lowest BCUT2D eigenvalue weighted by Gasteiger charge is -2.36. The van der Waals surface area contributed by atoms with Gasteiger partial charge in [-0.25, -0.2) is 8.42 Å². The highest BCUT2D eigenvalue weighted by atomic mass is 32.2. The number of benzene rings is 2. The van der Waals surface area contributed by atoms with Crippen LogP contribution in [0.3, 0.4) is 0 Å². The minimum atomic E-state index is -3.17. The first-order valence-corrected chi connectivity index (χ1v) is 13.6. The molecule has 1 amide bonds. The fourth-order valence-electron chi connectivity index (χ4n) is 4.48. The fourth-order valence-corrected chi connectivity index (χ4v) is 6.05. The number of amides is 1. The Morgan fingerprint density at radius 1 is 1.00 bits per heavy atom. The molecule has 0 aliphatic carbocycles. The molecule has 0 aromatic heterocycles. The molecule has 8 heteroatoms. The van der Waals surface area contributed by atoms with Crippen molar-refractivity contribution < 1.29 is 13.2 Å². The number of carbonyl (C=O) groups is 1. The van der Waals surface area contributed by atoms with Crippen LogP contribution >= 0.6 is 0 Å². The van der Waals surface area contributed by atoms with E-state index in [0.717, 1.165) is 44.7 Å². The van der Waals surface area contributed by atoms with E-state index in [0.29, 0.717) is 25.2 Å². The minimum absolute atomic E-state index is 0.115. The summed E-state index contributed by atoms with van der Waals surface area (Å²) in [5.41, 5.74) is 4.13. The van der Waals surface area contributed by atoms with Crippen molar-refractivity contribution in [2.24, 2.45) is 0 Å². The van der Waals surface area contributed by atoms with Crippen LogP contribution < -0.4 is 14.5 Å². The zero-order chi connectivity index (χ0) is 24.0. The van der Waals surface area contributed by atoms with Crippen molar-refractivity contribution in [2.75, 3.05) is 60.8 Å². The highest BCUT2D eigenvalue weighted by molar-refractivity contribution is 7.93. The summed E-state index contributed by atoms with van der Waals surface area (Å²) < 4.78 is 25.5. The smallest absolute Gasteiger partial charge is 0.243 e. The van der Waals surface area contributed by atoms with Crippen LogP contribution in [0.5, 0.6) is 0 Å². The molecule has 2 heterocycles. The molecule has 34 heavy (non-hydrogen) atoms. The normalized spacial score (nSPS) is 18.5. The van der Waals surface area contributed by atoms with E-state index in [9.17, 15) is 13.2 Å². The first-order chi connectivity index (χ1) is 16.4. The third-order valence-corrected chi connectivity index (χ3v) is 8.27. The summed E-state index contributed by atoms with van der Waals surface area (Å²) in [5.74, 6) is 0.0915. The van der Waals surface area contributed by atoms with Gasteiger partial charge in [0.25, 0.3) is 0 Å². The fraction of sp³-hybridized carbons (Fsp3) is 0.423. The van der Waals surface area contributed by atoms with Crippen LogP contribution in [0.2, 0.25) is 0 Å². The Kier molecular flexibility index (Phi) is 7.90. The molecule has 2 saturated heterocycles. The second kappa shape index (κ2) is 11.1. The van der Waals surface area contributed by atoms with E-state index in [2.05, 4.69) is 46.3 Å². The van der Waals surface area contributed by atoms with Crippen molar-refractivity contribution in [2.45, 2.75) is 19.8 Å². The molecular weight excluding hydrogens is 448 g/mol. The largest absolute Gasteiger partial charge is 0.369 e. The number of hydrogen-bond donors (Lipinski definition) is 1. The molecule has 0 saturated carbocycles. The SMILES string of the molecule is Cc1cccc(N2CCN(CCCNC(=O)/C=C/c3ccc(N4CCCS4(=O)=O)cc3)CC2)c1. The summed E-state index contributed by atoms with van der Waals surface area (Å²) in [4.78, 5) is 17.0. The van der Waals surface area contributed by atoms with Crippen molar-refractivity contribution in [1.82, 2.24) is 10.2 Å². The molecule has 7 nitrogen and oxygen atoms in total. The third-order valence-electron chi connectivity index (χ3n) is 6.40. The van der Waals surface area contributed by atoms with Gasteiger partial charge in [0.05, 0.1) is 11.4 Å². The van der Waals surface area contributed by atoms with E-state index in [-0.39, 0.29) is 11.7 Å². The van der Waals surface area contributed by atoms with Gasteiger partial charge in [0, 0.05) is 51.0 Å². The number of piperazine rings is 1. The molecule has 0 unspecified atom stereocenters. The van der Waals surface area contributed by atoms with Crippen molar-refractivity contribution in [3.8, 4) is 0 Å². The molecule has 0 radical (unpaired) electrons. The summed E-state index contributed by atoms with van der Waals surface area (Å²) in [7, 11) is -3.17. The van der Waals surface area contributed by atoms with Gasteiger partial charge < -0.3 is 10.2 Å². The van der Waals surface area contributed by atoms with E-state index >= 15 is 0 Å². The average molecular weight is 483 g/mol. The number of sulfonamides is 1. The summed E-state index contributed by atoms with van der Waals surface area (Å²) in [5, 5.41) is 2.95. The lowest BCUT2D eigenvalue weighted by molar-refractivity contribution is -0.116. The van der Waals surface area contributed by atoms with Crippen LogP contribution in [-0.4, -0.2) is 70.8 Å². The lowest BCUT2D eigenvalue weighted by atomic mass is 10.2. The molecule has 2 aromatic rings. The van der Waals surface area contributed by atoms with Crippen LogP contribution in [0, 0.1) is 6.92 Å². The second-order valence-electron chi connectivity index (χ2n) is 8.98. The van der Waals surface area contributed by atoms with Gasteiger partial charge >= 0.3 is 0 Å². The zero-order valence-corrected chi connectivity index (χ0v) is 20.6. The van der Waals surface area contributed by atoms with Gasteiger partial charge in [-0.3, -0.25) is 14.0 Å². The van der Waals surface area contributed by atoms with Crippen LogP contribution in [-0.2, 0) is 14.8 Å². The van der Waals surface area contributed by atoms with Gasteiger partial charge in [-0.1, -0.05) is 24.3 Å². The van der Waals surface area contributed by atoms with E-state index < -0.39 is 10.0 Å². The Morgan fingerprint density at radius 2 is 1.76 bits per heavy atom. The molecule has 182 valence electrons. The Bertz CT molecular complexity index is 1110. The number of carbonyl (C=O) groups excluding carboxylic acids is 1. The first kappa shape index (κ1) is 24.3. The number of nitrogens with zero attached hydrogens (tertiary/aromatic N) is 3. The summed E-state index contributed by atoms with van der Waals surface area (Å²) >= 11 is 0. The predicted molar refractivity (Wildman–Crippen MR) is 139 cm³/mol. The highest BCUT2D eigenvalue weighted by Gasteiger charge is 2.28. The number of hydrogen-bond acceptors (Lipinski definition) is 5. The monoisotopic (exact) mass is 482 g/mol. The van der Waals surface area contributed by atoms with Gasteiger partial charge in [-0.2, -0.15) is 0 Å². The highest BCUT2D eigenvalue weighted by Crippen LogP contribution is 2.24. The molecular formula is C26H34N4O3S. The predicted octanol–water partition coefficient (Wildman–Crippen LogP) is 2.88. The molecule has 4 rings (SSSR count). The van der Waals surface area contributed by atoms with E-state index in [1.54, 1.807) is 18.2 Å². The Morgan fingerprint density at radius 3 is 2.44 bits per heavy atom. The van der Waals surface area contributed by atoms with Crippen LogP contribution in [0.4, 0.5) is 11.4 Å². The summed E-state index contributed by atoms with van der Waals surface area (Å²) in [6, 6.07) is 15.9. The van der Waals surface area contributed by atoms with Crippen LogP contribution in [0.15, 0.2) is 54.6 Å². The third kappa shape index (κ3) is 6.39. The topological polar surface area (TPSA) is 73.0 Å². The maximum Gasteiger partial charge on any atom is 0.243 e. The summed E-state index contributed by atoms with van der Waals surface area (Å²) in [6.45, 7) is 8.42. The lowest BCUT2D eigenvalue weighted by Crippen LogP contribution is -2.47.